The van der Waals surface area contributed by atoms with Crippen molar-refractivity contribution in [1.29, 1.82) is 10.5 Å². The van der Waals surface area contributed by atoms with Crippen molar-refractivity contribution >= 4 is 35.5 Å². The molecule has 10 nitrogen and oxygen atoms in total. The van der Waals surface area contributed by atoms with Crippen LogP contribution in [0.15, 0.2) is 83.9 Å². The third-order valence-corrected chi connectivity index (χ3v) is 7.22. The number of carbonyl (C=O) groups excluding carboxylic acids is 2. The zero-order valence-electron chi connectivity index (χ0n) is 28.0. The number of benzene rings is 3. The lowest BCUT2D eigenvalue weighted by Gasteiger charge is -2.23. The van der Waals surface area contributed by atoms with Crippen molar-refractivity contribution in [3.63, 3.8) is 0 Å². The Labute approximate surface area is 283 Å². The van der Waals surface area contributed by atoms with Gasteiger partial charge in [-0.2, -0.15) is 10.5 Å². The molecule has 0 aliphatic rings. The molecule has 48 heavy (non-hydrogen) atoms. The molecule has 0 amide bonds. The van der Waals surface area contributed by atoms with Crippen LogP contribution in [0.25, 0.3) is 12.2 Å². The smallest absolute Gasteiger partial charge is 0.348 e. The molecule has 0 aliphatic heterocycles. The van der Waals surface area contributed by atoms with Gasteiger partial charge in [-0.3, -0.25) is 0 Å². The van der Waals surface area contributed by atoms with E-state index in [2.05, 4.69) is 23.6 Å². The summed E-state index contributed by atoms with van der Waals surface area (Å²) < 4.78 is 21.8. The number of hydrogen-bond acceptors (Lipinski definition) is 10. The number of rotatable bonds is 18. The minimum absolute atomic E-state index is 0.0353. The Morgan fingerprint density at radius 2 is 0.958 bits per heavy atom. The number of ether oxygens (including phenoxy) is 4. The molecule has 0 aliphatic carbocycles. The lowest BCUT2D eigenvalue weighted by Crippen LogP contribution is -2.28. The summed E-state index contributed by atoms with van der Waals surface area (Å²) in [5.74, 6) is 0.236. The normalized spacial score (nSPS) is 11.1. The summed E-state index contributed by atoms with van der Waals surface area (Å²) in [6.07, 6.45) is 3.05. The lowest BCUT2D eigenvalue weighted by molar-refractivity contribution is -0.138. The molecule has 250 valence electrons. The first-order chi connectivity index (χ1) is 23.3. The van der Waals surface area contributed by atoms with Crippen LogP contribution in [0.3, 0.4) is 0 Å². The molecule has 0 fully saturated rings. The Hall–Kier alpha value is -5.74. The van der Waals surface area contributed by atoms with Gasteiger partial charge in [0.1, 0.15) is 48.0 Å². The molecule has 0 N–H and O–H groups in total. The predicted octanol–water partition coefficient (Wildman–Crippen LogP) is 6.44. The van der Waals surface area contributed by atoms with E-state index in [1.54, 1.807) is 13.8 Å². The van der Waals surface area contributed by atoms with Crippen LogP contribution in [0.1, 0.15) is 38.8 Å². The van der Waals surface area contributed by atoms with E-state index in [0.29, 0.717) is 26.3 Å². The van der Waals surface area contributed by atoms with Crippen LogP contribution in [0.5, 0.6) is 11.5 Å². The van der Waals surface area contributed by atoms with E-state index in [9.17, 15) is 20.1 Å². The SMILES string of the molecule is CCOC(=O)/C(C#N)=C/c1ccc(N(CC)CCOc2ccc(OCCN(CC)c3ccc(/C=C(\C#N)C(=O)OCC)cc3)cc2)cc1. The molecule has 0 atom stereocenters. The van der Waals surface area contributed by atoms with Crippen LogP contribution in [-0.4, -0.2) is 64.5 Å². The van der Waals surface area contributed by atoms with Crippen LogP contribution >= 0.6 is 0 Å². The van der Waals surface area contributed by atoms with Crippen LogP contribution in [0.2, 0.25) is 0 Å². The average Bonchev–Trinajstić information content (AvgIpc) is 3.11. The number of carbonyl (C=O) groups is 2. The van der Waals surface area contributed by atoms with Crippen molar-refractivity contribution in [2.75, 3.05) is 62.4 Å². The molecule has 0 saturated heterocycles. The fourth-order valence-corrected chi connectivity index (χ4v) is 4.71. The second-order valence-corrected chi connectivity index (χ2v) is 10.3. The molecule has 0 saturated carbocycles. The fourth-order valence-electron chi connectivity index (χ4n) is 4.71. The predicted molar refractivity (Wildman–Crippen MR) is 187 cm³/mol. The number of anilines is 2. The zero-order valence-corrected chi connectivity index (χ0v) is 28.0. The van der Waals surface area contributed by atoms with E-state index in [-0.39, 0.29) is 24.4 Å². The molecular weight excluding hydrogens is 608 g/mol. The first-order valence-corrected chi connectivity index (χ1v) is 16.0. The van der Waals surface area contributed by atoms with Gasteiger partial charge in [0.2, 0.25) is 0 Å². The van der Waals surface area contributed by atoms with Gasteiger partial charge >= 0.3 is 11.9 Å². The number of nitriles is 2. The van der Waals surface area contributed by atoms with Crippen molar-refractivity contribution in [3.8, 4) is 23.6 Å². The molecule has 3 aromatic rings. The molecule has 3 aromatic carbocycles. The number of esters is 2. The number of hydrogen-bond donors (Lipinski definition) is 0. The lowest BCUT2D eigenvalue weighted by atomic mass is 10.1. The van der Waals surface area contributed by atoms with Gasteiger partial charge in [0, 0.05) is 24.5 Å². The number of likely N-dealkylation sites (N-methyl/N-ethyl adjacent to an activating group) is 2. The standard InChI is InChI=1S/C38H42N4O6/c1-5-41(33-13-9-29(10-14-33)25-31(27-39)37(43)45-7-3)21-23-47-35-17-19-36(20-18-35)48-24-22-42(6-2)34-15-11-30(12-16-34)26-32(28-40)38(44)46-8-4/h9-20,25-26H,5-8,21-24H2,1-4H3/b31-25+,32-26+. The van der Waals surface area contributed by atoms with Gasteiger partial charge in [-0.25, -0.2) is 9.59 Å². The molecular formula is C38H42N4O6. The van der Waals surface area contributed by atoms with Gasteiger partial charge in [0.05, 0.1) is 26.3 Å². The summed E-state index contributed by atoms with van der Waals surface area (Å²) in [6.45, 7) is 11.8. The quantitative estimate of drug-likeness (QED) is 0.0863. The maximum atomic E-state index is 11.9. The largest absolute Gasteiger partial charge is 0.492 e. The van der Waals surface area contributed by atoms with Crippen molar-refractivity contribution in [3.05, 3.63) is 95.1 Å². The van der Waals surface area contributed by atoms with Crippen LogP contribution in [0.4, 0.5) is 11.4 Å². The Kier molecular flexibility index (Phi) is 15.1. The third kappa shape index (κ3) is 11.3. The van der Waals surface area contributed by atoms with E-state index in [4.69, 9.17) is 18.9 Å². The molecule has 0 radical (unpaired) electrons. The van der Waals surface area contributed by atoms with Gasteiger partial charge in [0.15, 0.2) is 0 Å². The highest BCUT2D eigenvalue weighted by molar-refractivity contribution is 5.98. The maximum absolute atomic E-state index is 11.9. The van der Waals surface area contributed by atoms with Crippen LogP contribution in [0, 0.1) is 22.7 Å². The summed E-state index contributed by atoms with van der Waals surface area (Å²) in [6, 6.07) is 26.6. The summed E-state index contributed by atoms with van der Waals surface area (Å²) in [7, 11) is 0. The molecule has 3 rings (SSSR count). The van der Waals surface area contributed by atoms with Gasteiger partial charge in [-0.15, -0.1) is 0 Å². The van der Waals surface area contributed by atoms with E-state index in [0.717, 1.165) is 47.1 Å². The Morgan fingerprint density at radius 1 is 0.604 bits per heavy atom. The highest BCUT2D eigenvalue weighted by atomic mass is 16.5. The second kappa shape index (κ2) is 19.7. The van der Waals surface area contributed by atoms with Gasteiger partial charge in [0.25, 0.3) is 0 Å². The zero-order chi connectivity index (χ0) is 34.7. The maximum Gasteiger partial charge on any atom is 0.348 e. The first-order valence-electron chi connectivity index (χ1n) is 16.0. The van der Waals surface area contributed by atoms with Crippen molar-refractivity contribution < 1.29 is 28.5 Å². The van der Waals surface area contributed by atoms with Gasteiger partial charge < -0.3 is 28.7 Å². The van der Waals surface area contributed by atoms with Crippen molar-refractivity contribution in [1.82, 2.24) is 0 Å². The average molecular weight is 651 g/mol. The van der Waals surface area contributed by atoms with E-state index in [1.165, 1.54) is 12.2 Å². The molecule has 0 spiro atoms. The molecule has 10 heteroatoms. The molecule has 0 aromatic heterocycles. The van der Waals surface area contributed by atoms with Crippen molar-refractivity contribution in [2.24, 2.45) is 0 Å². The summed E-state index contributed by atoms with van der Waals surface area (Å²) in [4.78, 5) is 28.1. The Morgan fingerprint density at radius 3 is 1.25 bits per heavy atom. The first kappa shape index (κ1) is 36.7. The Balaban J connectivity index is 1.47. The monoisotopic (exact) mass is 650 g/mol. The minimum atomic E-state index is -0.626. The van der Waals surface area contributed by atoms with E-state index >= 15 is 0 Å². The third-order valence-electron chi connectivity index (χ3n) is 7.22. The van der Waals surface area contributed by atoms with Crippen molar-refractivity contribution in [2.45, 2.75) is 27.7 Å². The van der Waals surface area contributed by atoms with E-state index in [1.807, 2.05) is 84.9 Å². The van der Waals surface area contributed by atoms with Gasteiger partial charge in [-0.1, -0.05) is 24.3 Å². The molecule has 0 bridgehead atoms. The summed E-state index contributed by atoms with van der Waals surface area (Å²) >= 11 is 0. The fraction of sp³-hybridized carbons (Fsp3) is 0.316. The summed E-state index contributed by atoms with van der Waals surface area (Å²) in [5.41, 5.74) is 3.43. The van der Waals surface area contributed by atoms with Gasteiger partial charge in [-0.05, 0) is 99.5 Å². The number of nitrogens with zero attached hydrogens (tertiary/aromatic N) is 4. The molecule has 0 unspecified atom stereocenters. The topological polar surface area (TPSA) is 125 Å². The highest BCUT2D eigenvalue weighted by Crippen LogP contribution is 2.21. The Bertz CT molecular complexity index is 1500. The summed E-state index contributed by atoms with van der Waals surface area (Å²) in [5, 5.41) is 18.5. The second-order valence-electron chi connectivity index (χ2n) is 10.3. The minimum Gasteiger partial charge on any atom is -0.492 e. The molecule has 0 heterocycles. The van der Waals surface area contributed by atoms with E-state index < -0.39 is 11.9 Å². The van der Waals surface area contributed by atoms with Crippen LogP contribution in [-0.2, 0) is 19.1 Å². The highest BCUT2D eigenvalue weighted by Gasteiger charge is 2.12. The van der Waals surface area contributed by atoms with Crippen LogP contribution < -0.4 is 19.3 Å².